The summed E-state index contributed by atoms with van der Waals surface area (Å²) in [6, 6.07) is 1.96. The van der Waals surface area contributed by atoms with Crippen LogP contribution in [0.3, 0.4) is 0 Å². The first-order chi connectivity index (χ1) is 10.9. The Balaban J connectivity index is 1.76. The molecule has 0 amide bonds. The monoisotopic (exact) mass is 293 g/mol. The standard InChI is InChI=1S/C15H15N7/c1-3-12(22(9-1)15-19-4-2-5-20-15)13-14(18-7-6-17-13)21-10-8-16-11-21/h2,4-8,10-12H,1,3,9H2. The van der Waals surface area contributed by atoms with Crippen LogP contribution < -0.4 is 4.90 Å². The molecule has 1 aliphatic rings. The molecule has 0 spiro atoms. The van der Waals surface area contributed by atoms with Gasteiger partial charge in [-0.05, 0) is 18.9 Å². The van der Waals surface area contributed by atoms with E-state index in [0.29, 0.717) is 0 Å². The molecule has 1 fully saturated rings. The lowest BCUT2D eigenvalue weighted by Gasteiger charge is -2.25. The largest absolute Gasteiger partial charge is 0.332 e. The highest BCUT2D eigenvalue weighted by molar-refractivity contribution is 5.41. The van der Waals surface area contributed by atoms with E-state index in [0.717, 1.165) is 36.8 Å². The maximum atomic E-state index is 4.58. The van der Waals surface area contributed by atoms with Crippen molar-refractivity contribution in [1.82, 2.24) is 29.5 Å². The van der Waals surface area contributed by atoms with Crippen molar-refractivity contribution in [2.24, 2.45) is 0 Å². The maximum absolute atomic E-state index is 4.58. The van der Waals surface area contributed by atoms with Crippen molar-refractivity contribution in [3.05, 3.63) is 55.3 Å². The molecule has 0 saturated carbocycles. The van der Waals surface area contributed by atoms with Gasteiger partial charge in [-0.15, -0.1) is 0 Å². The molecule has 3 aromatic rings. The van der Waals surface area contributed by atoms with E-state index in [-0.39, 0.29) is 6.04 Å². The molecule has 1 unspecified atom stereocenters. The molecule has 0 aliphatic carbocycles. The van der Waals surface area contributed by atoms with Crippen molar-refractivity contribution in [2.45, 2.75) is 18.9 Å². The molecule has 4 rings (SSSR count). The molecule has 1 saturated heterocycles. The quantitative estimate of drug-likeness (QED) is 0.733. The van der Waals surface area contributed by atoms with Crippen molar-refractivity contribution < 1.29 is 0 Å². The van der Waals surface area contributed by atoms with Gasteiger partial charge in [0.15, 0.2) is 5.82 Å². The van der Waals surface area contributed by atoms with Crippen LogP contribution in [0.25, 0.3) is 5.82 Å². The summed E-state index contributed by atoms with van der Waals surface area (Å²) in [6.45, 7) is 0.925. The van der Waals surface area contributed by atoms with E-state index in [2.05, 4.69) is 29.8 Å². The zero-order chi connectivity index (χ0) is 14.8. The van der Waals surface area contributed by atoms with Gasteiger partial charge in [-0.1, -0.05) is 0 Å². The summed E-state index contributed by atoms with van der Waals surface area (Å²) in [7, 11) is 0. The lowest BCUT2D eigenvalue weighted by molar-refractivity contribution is 0.666. The van der Waals surface area contributed by atoms with E-state index >= 15 is 0 Å². The summed E-state index contributed by atoms with van der Waals surface area (Å²) in [4.78, 5) is 24.1. The second-order valence-electron chi connectivity index (χ2n) is 5.14. The van der Waals surface area contributed by atoms with Gasteiger partial charge in [-0.2, -0.15) is 0 Å². The van der Waals surface area contributed by atoms with Gasteiger partial charge in [-0.25, -0.2) is 19.9 Å². The van der Waals surface area contributed by atoms with Crippen LogP contribution in [0.5, 0.6) is 0 Å². The molecule has 0 radical (unpaired) electrons. The Labute approximate surface area is 127 Å². The zero-order valence-electron chi connectivity index (χ0n) is 11.9. The van der Waals surface area contributed by atoms with E-state index in [1.807, 2.05) is 16.8 Å². The smallest absolute Gasteiger partial charge is 0.225 e. The van der Waals surface area contributed by atoms with E-state index in [1.165, 1.54) is 0 Å². The van der Waals surface area contributed by atoms with Gasteiger partial charge in [0, 0.05) is 43.7 Å². The lowest BCUT2D eigenvalue weighted by atomic mass is 10.1. The van der Waals surface area contributed by atoms with Crippen LogP contribution in [-0.2, 0) is 0 Å². The number of imidazole rings is 1. The van der Waals surface area contributed by atoms with Gasteiger partial charge in [-0.3, -0.25) is 9.55 Å². The summed E-state index contributed by atoms with van der Waals surface area (Å²) >= 11 is 0. The highest BCUT2D eigenvalue weighted by Gasteiger charge is 2.31. The zero-order valence-corrected chi connectivity index (χ0v) is 11.9. The first-order valence-corrected chi connectivity index (χ1v) is 7.26. The van der Waals surface area contributed by atoms with Crippen molar-refractivity contribution in [3.8, 4) is 5.82 Å². The van der Waals surface area contributed by atoms with E-state index in [4.69, 9.17) is 0 Å². The summed E-state index contributed by atoms with van der Waals surface area (Å²) in [5.74, 6) is 1.56. The van der Waals surface area contributed by atoms with Gasteiger partial charge in [0.05, 0.1) is 6.04 Å². The first kappa shape index (κ1) is 12.9. The Hall–Kier alpha value is -2.83. The maximum Gasteiger partial charge on any atom is 0.225 e. The highest BCUT2D eigenvalue weighted by Crippen LogP contribution is 2.35. The minimum atomic E-state index is 0.133. The molecule has 7 nitrogen and oxygen atoms in total. The SMILES string of the molecule is c1cnc(N2CCCC2c2nccnc2-n2ccnc2)nc1. The fourth-order valence-electron chi connectivity index (χ4n) is 2.89. The van der Waals surface area contributed by atoms with Crippen LogP contribution in [0.4, 0.5) is 5.95 Å². The van der Waals surface area contributed by atoms with Crippen LogP contribution in [0, 0.1) is 0 Å². The normalized spacial score (nSPS) is 17.8. The lowest BCUT2D eigenvalue weighted by Crippen LogP contribution is -2.26. The minimum Gasteiger partial charge on any atom is -0.332 e. The topological polar surface area (TPSA) is 72.6 Å². The predicted octanol–water partition coefficient (Wildman–Crippen LogP) is 1.79. The molecule has 0 N–H and O–H groups in total. The Kier molecular flexibility index (Phi) is 3.23. The van der Waals surface area contributed by atoms with E-state index < -0.39 is 0 Å². The average Bonchev–Trinajstić information content (AvgIpc) is 3.27. The third-order valence-electron chi connectivity index (χ3n) is 3.83. The molecule has 0 aromatic carbocycles. The number of hydrogen-bond donors (Lipinski definition) is 0. The van der Waals surface area contributed by atoms with Crippen molar-refractivity contribution >= 4 is 5.95 Å². The van der Waals surface area contributed by atoms with Crippen molar-refractivity contribution in [2.75, 3.05) is 11.4 Å². The van der Waals surface area contributed by atoms with Gasteiger partial charge in [0.25, 0.3) is 0 Å². The molecule has 0 bridgehead atoms. The molecule has 3 aromatic heterocycles. The first-order valence-electron chi connectivity index (χ1n) is 7.26. The molecule has 1 aliphatic heterocycles. The second kappa shape index (κ2) is 5.51. The number of nitrogens with zero attached hydrogens (tertiary/aromatic N) is 7. The average molecular weight is 293 g/mol. The van der Waals surface area contributed by atoms with Crippen molar-refractivity contribution in [3.63, 3.8) is 0 Å². The summed E-state index contributed by atoms with van der Waals surface area (Å²) in [6.07, 6.45) is 14.4. The Morgan fingerprint density at radius 3 is 2.64 bits per heavy atom. The van der Waals surface area contributed by atoms with Crippen LogP contribution in [0.2, 0.25) is 0 Å². The van der Waals surface area contributed by atoms with Gasteiger partial charge in [0.2, 0.25) is 5.95 Å². The van der Waals surface area contributed by atoms with Crippen LogP contribution in [-0.4, -0.2) is 36.0 Å². The molecule has 1 atom stereocenters. The number of aromatic nitrogens is 6. The second-order valence-corrected chi connectivity index (χ2v) is 5.14. The van der Waals surface area contributed by atoms with Crippen molar-refractivity contribution in [1.29, 1.82) is 0 Å². The number of rotatable bonds is 3. The molecule has 7 heteroatoms. The van der Waals surface area contributed by atoms with Crippen LogP contribution in [0.15, 0.2) is 49.6 Å². The van der Waals surface area contributed by atoms with Gasteiger partial charge >= 0.3 is 0 Å². The minimum absolute atomic E-state index is 0.133. The van der Waals surface area contributed by atoms with Crippen LogP contribution in [0.1, 0.15) is 24.6 Å². The molecular weight excluding hydrogens is 278 g/mol. The van der Waals surface area contributed by atoms with E-state index in [9.17, 15) is 0 Å². The van der Waals surface area contributed by atoms with Gasteiger partial charge in [0.1, 0.15) is 12.0 Å². The fraction of sp³-hybridized carbons (Fsp3) is 0.267. The highest BCUT2D eigenvalue weighted by atomic mass is 15.3. The van der Waals surface area contributed by atoms with Gasteiger partial charge < -0.3 is 4.90 Å². The Bertz CT molecular complexity index is 742. The third-order valence-corrected chi connectivity index (χ3v) is 3.83. The number of hydrogen-bond acceptors (Lipinski definition) is 6. The summed E-state index contributed by atoms with van der Waals surface area (Å²) in [5.41, 5.74) is 0.936. The van der Waals surface area contributed by atoms with Crippen LogP contribution >= 0.6 is 0 Å². The fourth-order valence-corrected chi connectivity index (χ4v) is 2.89. The molecule has 110 valence electrons. The molecular formula is C15H15N7. The predicted molar refractivity (Wildman–Crippen MR) is 80.5 cm³/mol. The number of anilines is 1. The Morgan fingerprint density at radius 1 is 0.955 bits per heavy atom. The summed E-state index contributed by atoms with van der Waals surface area (Å²) in [5, 5.41) is 0. The third kappa shape index (κ3) is 2.20. The Morgan fingerprint density at radius 2 is 1.82 bits per heavy atom. The molecule has 22 heavy (non-hydrogen) atoms. The van der Waals surface area contributed by atoms with E-state index in [1.54, 1.807) is 37.3 Å². The summed E-state index contributed by atoms with van der Waals surface area (Å²) < 4.78 is 1.89. The molecule has 4 heterocycles.